The van der Waals surface area contributed by atoms with E-state index in [4.69, 9.17) is 0 Å². The van der Waals surface area contributed by atoms with Crippen LogP contribution in [0.4, 0.5) is 0 Å². The van der Waals surface area contributed by atoms with Crippen LogP contribution < -0.4 is 0 Å². The summed E-state index contributed by atoms with van der Waals surface area (Å²) in [5, 5.41) is 2.82. The molecule has 32 heavy (non-hydrogen) atoms. The van der Waals surface area contributed by atoms with E-state index in [2.05, 4.69) is 91.8 Å². The maximum atomic E-state index is 2.52. The highest BCUT2D eigenvalue weighted by atomic mass is 14.5. The van der Waals surface area contributed by atoms with Gasteiger partial charge in [-0.1, -0.05) is 78.7 Å². The first-order valence-electron chi connectivity index (χ1n) is 12.5. The molecule has 0 unspecified atom stereocenters. The van der Waals surface area contributed by atoms with Gasteiger partial charge in [0.25, 0.3) is 0 Å². The topological polar surface area (TPSA) is 0 Å². The second kappa shape index (κ2) is 6.16. The highest BCUT2D eigenvalue weighted by Crippen LogP contribution is 2.56. The zero-order valence-corrected chi connectivity index (χ0v) is 21.0. The Bertz CT molecular complexity index is 1240. The Balaban J connectivity index is 1.50. The smallest absolute Gasteiger partial charge is 0.0155 e. The average molecular weight is 421 g/mol. The van der Waals surface area contributed by atoms with Gasteiger partial charge in [0.05, 0.1) is 0 Å². The molecule has 6 rings (SSSR count). The third-order valence-electron chi connectivity index (χ3n) is 9.01. The molecule has 2 aromatic carbocycles. The number of fused-ring (bicyclic) bond motifs is 5. The zero-order valence-electron chi connectivity index (χ0n) is 21.0. The van der Waals surface area contributed by atoms with Gasteiger partial charge in [-0.05, 0) is 104 Å². The molecule has 0 nitrogen and oxygen atoms in total. The van der Waals surface area contributed by atoms with Gasteiger partial charge in [-0.2, -0.15) is 0 Å². The van der Waals surface area contributed by atoms with Crippen LogP contribution >= 0.6 is 0 Å². The van der Waals surface area contributed by atoms with Gasteiger partial charge in [-0.15, -0.1) is 0 Å². The molecule has 0 fully saturated rings. The van der Waals surface area contributed by atoms with E-state index in [0.717, 1.165) is 12.8 Å². The molecule has 0 bridgehead atoms. The Morgan fingerprint density at radius 2 is 0.969 bits per heavy atom. The summed E-state index contributed by atoms with van der Waals surface area (Å²) in [6.07, 6.45) is 7.29. The maximum Gasteiger partial charge on any atom is 0.0155 e. The van der Waals surface area contributed by atoms with Crippen LogP contribution in [-0.4, -0.2) is 0 Å². The second-order valence-corrected chi connectivity index (χ2v) is 12.3. The summed E-state index contributed by atoms with van der Waals surface area (Å²) in [6.45, 7) is 19.0. The minimum atomic E-state index is 0.0952. The van der Waals surface area contributed by atoms with Crippen LogP contribution in [0.25, 0.3) is 21.9 Å². The van der Waals surface area contributed by atoms with Crippen molar-refractivity contribution in [2.45, 2.75) is 79.1 Å². The van der Waals surface area contributed by atoms with E-state index >= 15 is 0 Å². The lowest BCUT2D eigenvalue weighted by Crippen LogP contribution is -2.17. The minimum absolute atomic E-state index is 0.0952. The predicted octanol–water partition coefficient (Wildman–Crippen LogP) is 8.90. The first kappa shape index (κ1) is 20.3. The number of hydrogen-bond acceptors (Lipinski definition) is 0. The zero-order chi connectivity index (χ0) is 22.7. The highest BCUT2D eigenvalue weighted by molar-refractivity contribution is 5.98. The van der Waals surface area contributed by atoms with Gasteiger partial charge in [-0.3, -0.25) is 0 Å². The summed E-state index contributed by atoms with van der Waals surface area (Å²) in [5.41, 5.74) is 15.7. The first-order valence-corrected chi connectivity index (χ1v) is 12.5. The van der Waals surface area contributed by atoms with Crippen molar-refractivity contribution in [2.24, 2.45) is 11.8 Å². The van der Waals surface area contributed by atoms with Gasteiger partial charge in [0, 0.05) is 10.8 Å². The molecular formula is C32H36. The van der Waals surface area contributed by atoms with Crippen LogP contribution in [-0.2, 0) is 10.8 Å². The van der Waals surface area contributed by atoms with E-state index in [1.165, 1.54) is 33.0 Å². The number of benzene rings is 2. The summed E-state index contributed by atoms with van der Waals surface area (Å²) in [5.74, 6) is 1.25. The van der Waals surface area contributed by atoms with Gasteiger partial charge in [0.2, 0.25) is 0 Å². The Morgan fingerprint density at radius 3 is 1.31 bits per heavy atom. The molecule has 4 aliphatic rings. The quantitative estimate of drug-likeness (QED) is 0.455. The molecule has 0 amide bonds. The molecule has 164 valence electrons. The molecule has 0 heteroatoms. The van der Waals surface area contributed by atoms with E-state index in [1.54, 1.807) is 33.4 Å². The Kier molecular flexibility index (Phi) is 3.90. The minimum Gasteiger partial charge on any atom is -0.0629 e. The number of allylic oxidation sites excluding steroid dienone is 8. The van der Waals surface area contributed by atoms with Gasteiger partial charge in [0.15, 0.2) is 0 Å². The SMILES string of the molecule is CC(C)C1=CC2=C(C1)c1cc3cc4c(cc3cc1C2(C)C)C1=C(C=C(C(C)C)C1)C4(C)C. The van der Waals surface area contributed by atoms with Crippen molar-refractivity contribution in [3.63, 3.8) is 0 Å². The second-order valence-electron chi connectivity index (χ2n) is 12.3. The van der Waals surface area contributed by atoms with Gasteiger partial charge < -0.3 is 0 Å². The van der Waals surface area contributed by atoms with Gasteiger partial charge >= 0.3 is 0 Å². The van der Waals surface area contributed by atoms with E-state index in [9.17, 15) is 0 Å². The Hall–Kier alpha value is -2.34. The van der Waals surface area contributed by atoms with Crippen molar-refractivity contribution in [2.75, 3.05) is 0 Å². The van der Waals surface area contributed by atoms with Crippen molar-refractivity contribution < 1.29 is 0 Å². The Morgan fingerprint density at radius 1 is 0.594 bits per heavy atom. The molecule has 0 spiro atoms. The lowest BCUT2D eigenvalue weighted by Gasteiger charge is -2.25. The van der Waals surface area contributed by atoms with E-state index in [1.807, 2.05) is 0 Å². The third-order valence-corrected chi connectivity index (χ3v) is 9.01. The molecule has 0 heterocycles. The van der Waals surface area contributed by atoms with Crippen LogP contribution in [0.5, 0.6) is 0 Å². The highest BCUT2D eigenvalue weighted by Gasteiger charge is 2.42. The largest absolute Gasteiger partial charge is 0.0629 e. The van der Waals surface area contributed by atoms with Crippen LogP contribution in [0.15, 0.2) is 58.7 Å². The van der Waals surface area contributed by atoms with Crippen LogP contribution in [0.1, 0.15) is 90.5 Å². The first-order chi connectivity index (χ1) is 15.0. The standard InChI is InChI=1S/C32H36/c1-17(2)19-9-23-25-11-21-16-30-26(12-22(21)15-29(25)31(5,6)27(23)13-19)24-10-20(18(3)4)14-28(24)32(30,7)8/h11-18H,9-10H2,1-8H3. The van der Waals surface area contributed by atoms with E-state index < -0.39 is 0 Å². The molecule has 2 aromatic rings. The fraction of sp³-hybridized carbons (Fsp3) is 0.438. The molecule has 0 radical (unpaired) electrons. The fourth-order valence-corrected chi connectivity index (χ4v) is 6.76. The third kappa shape index (κ3) is 2.45. The molecule has 0 atom stereocenters. The molecule has 0 N–H and O–H groups in total. The molecule has 0 saturated heterocycles. The van der Waals surface area contributed by atoms with Crippen molar-refractivity contribution in [3.05, 3.63) is 81.0 Å². The number of hydrogen-bond donors (Lipinski definition) is 0. The van der Waals surface area contributed by atoms with E-state index in [0.29, 0.717) is 11.8 Å². The van der Waals surface area contributed by atoms with Crippen molar-refractivity contribution in [1.29, 1.82) is 0 Å². The van der Waals surface area contributed by atoms with Gasteiger partial charge in [-0.25, -0.2) is 0 Å². The van der Waals surface area contributed by atoms with Crippen LogP contribution in [0.3, 0.4) is 0 Å². The normalized spacial score (nSPS) is 22.1. The van der Waals surface area contributed by atoms with Crippen molar-refractivity contribution >= 4 is 21.9 Å². The molecule has 0 aromatic heterocycles. The molecular weight excluding hydrogens is 384 g/mol. The van der Waals surface area contributed by atoms with Gasteiger partial charge in [0.1, 0.15) is 0 Å². The summed E-state index contributed by atoms with van der Waals surface area (Å²) >= 11 is 0. The summed E-state index contributed by atoms with van der Waals surface area (Å²) in [7, 11) is 0. The molecule has 4 aliphatic carbocycles. The van der Waals surface area contributed by atoms with Crippen molar-refractivity contribution in [3.8, 4) is 0 Å². The average Bonchev–Trinajstić information content (AvgIpc) is 3.44. The summed E-state index contributed by atoms with van der Waals surface area (Å²) < 4.78 is 0. The molecule has 0 saturated carbocycles. The maximum absolute atomic E-state index is 2.52. The van der Waals surface area contributed by atoms with E-state index in [-0.39, 0.29) is 10.8 Å². The lowest BCUT2D eigenvalue weighted by atomic mass is 9.78. The van der Waals surface area contributed by atoms with Crippen molar-refractivity contribution in [1.82, 2.24) is 0 Å². The summed E-state index contributed by atoms with van der Waals surface area (Å²) in [4.78, 5) is 0. The fourth-order valence-electron chi connectivity index (χ4n) is 6.76. The van der Waals surface area contributed by atoms with Crippen LogP contribution in [0.2, 0.25) is 0 Å². The monoisotopic (exact) mass is 420 g/mol. The Labute approximate surface area is 193 Å². The molecule has 0 aliphatic heterocycles. The number of rotatable bonds is 2. The predicted molar refractivity (Wildman–Crippen MR) is 139 cm³/mol. The summed E-state index contributed by atoms with van der Waals surface area (Å²) in [6, 6.07) is 10.1. The lowest BCUT2D eigenvalue weighted by molar-refractivity contribution is 0.651. The van der Waals surface area contributed by atoms with Crippen LogP contribution in [0, 0.1) is 11.8 Å².